The number of nitro benzene ring substituents is 2. The first-order valence-electron chi connectivity index (χ1n) is 13.6. The Hall–Kier alpha value is -5.85. The summed E-state index contributed by atoms with van der Waals surface area (Å²) in [5.74, 6) is -1.44. The number of ether oxygens (including phenoxy) is 1. The van der Waals surface area contributed by atoms with Crippen LogP contribution in [0.3, 0.4) is 0 Å². The average molecular weight is 620 g/mol. The topological polar surface area (TPSA) is 225 Å². The van der Waals surface area contributed by atoms with Crippen LogP contribution in [0.15, 0.2) is 66.7 Å². The number of carbonyl (C=O) groups excluding carboxylic acids is 3. The summed E-state index contributed by atoms with van der Waals surface area (Å²) in [6, 6.07) is 15.4. The Morgan fingerprint density at radius 1 is 0.778 bits per heavy atom. The van der Waals surface area contributed by atoms with Crippen LogP contribution in [0.1, 0.15) is 46.7 Å². The summed E-state index contributed by atoms with van der Waals surface area (Å²) in [7, 11) is 0. The molecule has 0 radical (unpaired) electrons. The molecule has 0 aliphatic heterocycles. The van der Waals surface area contributed by atoms with Gasteiger partial charge in [0.25, 0.3) is 11.4 Å². The molecule has 0 aliphatic carbocycles. The molecule has 3 aromatic carbocycles. The molecule has 3 aromatic rings. The van der Waals surface area contributed by atoms with E-state index in [2.05, 4.69) is 0 Å². The summed E-state index contributed by atoms with van der Waals surface area (Å²) in [6.07, 6.45) is 5.98. The van der Waals surface area contributed by atoms with E-state index in [0.29, 0.717) is 24.0 Å². The van der Waals surface area contributed by atoms with Crippen molar-refractivity contribution in [2.75, 3.05) is 12.3 Å². The van der Waals surface area contributed by atoms with E-state index in [1.54, 1.807) is 45.0 Å². The van der Waals surface area contributed by atoms with Crippen LogP contribution in [0.5, 0.6) is 0 Å². The predicted molar refractivity (Wildman–Crippen MR) is 173 cm³/mol. The number of carbonyl (C=O) groups is 3. The second-order valence-corrected chi connectivity index (χ2v) is 9.63. The van der Waals surface area contributed by atoms with Gasteiger partial charge < -0.3 is 21.9 Å². The summed E-state index contributed by atoms with van der Waals surface area (Å²) in [6.45, 7) is 7.48. The maximum atomic E-state index is 11.1. The molecule has 0 saturated heterocycles. The van der Waals surface area contributed by atoms with Gasteiger partial charge in [-0.25, -0.2) is 4.79 Å². The highest BCUT2D eigenvalue weighted by molar-refractivity contribution is 5.91. The highest BCUT2D eigenvalue weighted by Crippen LogP contribution is 2.22. The van der Waals surface area contributed by atoms with Crippen molar-refractivity contribution in [3.8, 4) is 0 Å². The number of hydrogen-bond donors (Lipinski definition) is 3. The lowest BCUT2D eigenvalue weighted by molar-refractivity contribution is -0.385. The van der Waals surface area contributed by atoms with Gasteiger partial charge in [0.15, 0.2) is 0 Å². The van der Waals surface area contributed by atoms with Crippen molar-refractivity contribution < 1.29 is 29.0 Å². The van der Waals surface area contributed by atoms with Crippen LogP contribution in [0.2, 0.25) is 0 Å². The molecule has 0 bridgehead atoms. The van der Waals surface area contributed by atoms with Gasteiger partial charge >= 0.3 is 5.97 Å². The first kappa shape index (κ1) is 37.2. The van der Waals surface area contributed by atoms with Gasteiger partial charge in [-0.2, -0.15) is 0 Å². The average Bonchev–Trinajstić information content (AvgIpc) is 2.96. The van der Waals surface area contributed by atoms with Crippen molar-refractivity contribution in [1.82, 2.24) is 0 Å². The van der Waals surface area contributed by atoms with E-state index in [1.807, 2.05) is 25.1 Å². The van der Waals surface area contributed by atoms with Crippen LogP contribution in [0, 0.1) is 41.0 Å². The smallest absolute Gasteiger partial charge is 0.330 e. The molecule has 0 spiro atoms. The number of nitrogens with two attached hydrogens (primary N) is 3. The van der Waals surface area contributed by atoms with Crippen LogP contribution >= 0.6 is 0 Å². The first-order valence-corrected chi connectivity index (χ1v) is 13.6. The zero-order valence-electron chi connectivity index (χ0n) is 25.5. The lowest BCUT2D eigenvalue weighted by Crippen LogP contribution is -2.11. The minimum Gasteiger partial charge on any atom is -0.463 e. The summed E-state index contributed by atoms with van der Waals surface area (Å²) in [5, 5.41) is 21.5. The number of esters is 1. The summed E-state index contributed by atoms with van der Waals surface area (Å²) in [4.78, 5) is 52.6. The molecule has 0 heterocycles. The number of aryl methyl sites for hydroxylation is 4. The number of nitrogens with zero attached hydrogens (tertiary/aromatic N) is 2. The second kappa shape index (κ2) is 18.6. The van der Waals surface area contributed by atoms with E-state index in [-0.39, 0.29) is 23.9 Å². The molecule has 13 nitrogen and oxygen atoms in total. The van der Waals surface area contributed by atoms with Gasteiger partial charge in [0, 0.05) is 36.4 Å². The SMILES string of the molecule is CCOC(=O)/C=C/c1ccc(C)cc1[N+](=O)[O-].Cc1ccc(/C=C/C(N)=O)c([N+](=O)[O-])c1.Cc1ccc(CCC(N)=O)c(N)c1. The molecule has 2 amide bonds. The van der Waals surface area contributed by atoms with Gasteiger partial charge in [0.05, 0.1) is 27.6 Å². The highest BCUT2D eigenvalue weighted by atomic mass is 16.6. The number of benzene rings is 3. The minimum absolute atomic E-state index is 0.0226. The van der Waals surface area contributed by atoms with Crippen LogP contribution in [0.4, 0.5) is 17.1 Å². The Balaban J connectivity index is 0.000000341. The molecule has 0 fully saturated rings. The Bertz CT molecular complexity index is 1600. The zero-order valence-corrected chi connectivity index (χ0v) is 25.5. The molecule has 6 N–H and O–H groups in total. The van der Waals surface area contributed by atoms with Gasteiger partial charge in [0.1, 0.15) is 0 Å². The number of rotatable bonds is 10. The number of nitrogen functional groups attached to an aromatic ring is 1. The van der Waals surface area contributed by atoms with E-state index >= 15 is 0 Å². The van der Waals surface area contributed by atoms with Crippen LogP contribution in [0.25, 0.3) is 12.2 Å². The fraction of sp³-hybridized carbons (Fsp3) is 0.219. The standard InChI is InChI=1S/C12H13NO4.C10H10N2O3.C10H14N2O/c1-3-17-12(14)7-6-10-5-4-9(2)8-11(10)13(15)16;1-7-2-3-8(4-5-10(11)13)9(6-7)12(14)15;1-7-2-3-8(9(11)6-7)4-5-10(12)13/h4-8H,3H2,1-2H3;2-6H,1H3,(H2,11,13);2-3,6H,4-5,11H2,1H3,(H2,12,13)/b7-6+;5-4+;. The van der Waals surface area contributed by atoms with Crippen molar-refractivity contribution in [3.05, 3.63) is 120 Å². The third kappa shape index (κ3) is 14.2. The predicted octanol–water partition coefficient (Wildman–Crippen LogP) is 4.88. The lowest BCUT2D eigenvalue weighted by Gasteiger charge is -2.04. The third-order valence-corrected chi connectivity index (χ3v) is 5.82. The van der Waals surface area contributed by atoms with Crippen molar-refractivity contribution in [3.63, 3.8) is 0 Å². The third-order valence-electron chi connectivity index (χ3n) is 5.82. The van der Waals surface area contributed by atoms with E-state index in [9.17, 15) is 34.6 Å². The molecule has 0 atom stereocenters. The van der Waals surface area contributed by atoms with Gasteiger partial charge in [-0.05, 0) is 86.7 Å². The monoisotopic (exact) mass is 619 g/mol. The Labute approximate surface area is 260 Å². The number of anilines is 1. The number of nitro groups is 2. The van der Waals surface area contributed by atoms with Crippen molar-refractivity contribution in [2.24, 2.45) is 11.5 Å². The molecule has 0 aliphatic rings. The highest BCUT2D eigenvalue weighted by Gasteiger charge is 2.12. The molecule has 0 unspecified atom stereocenters. The molecule has 238 valence electrons. The van der Waals surface area contributed by atoms with Crippen LogP contribution in [-0.4, -0.2) is 34.2 Å². The quantitative estimate of drug-likeness (QED) is 0.0923. The van der Waals surface area contributed by atoms with E-state index in [1.165, 1.54) is 30.4 Å². The number of hydrogen-bond acceptors (Lipinski definition) is 9. The fourth-order valence-corrected chi connectivity index (χ4v) is 3.63. The van der Waals surface area contributed by atoms with Crippen molar-refractivity contribution in [1.29, 1.82) is 0 Å². The maximum absolute atomic E-state index is 11.1. The summed E-state index contributed by atoms with van der Waals surface area (Å²) in [5.41, 5.74) is 20.8. The largest absolute Gasteiger partial charge is 0.463 e. The summed E-state index contributed by atoms with van der Waals surface area (Å²) >= 11 is 0. The molecule has 0 saturated carbocycles. The molecular formula is C32H37N5O8. The number of primary amides is 2. The van der Waals surface area contributed by atoms with Gasteiger partial charge in [-0.3, -0.25) is 29.8 Å². The Morgan fingerprint density at radius 2 is 1.24 bits per heavy atom. The lowest BCUT2D eigenvalue weighted by atomic mass is 10.1. The normalized spacial score (nSPS) is 10.3. The minimum atomic E-state index is -0.634. The van der Waals surface area contributed by atoms with Gasteiger partial charge in [0.2, 0.25) is 11.8 Å². The van der Waals surface area contributed by atoms with Gasteiger partial charge in [-0.1, -0.05) is 24.3 Å². The zero-order chi connectivity index (χ0) is 34.1. The first-order chi connectivity index (χ1) is 21.1. The molecular weight excluding hydrogens is 582 g/mol. The van der Waals surface area contributed by atoms with E-state index in [0.717, 1.165) is 34.0 Å². The van der Waals surface area contributed by atoms with Gasteiger partial charge in [-0.15, -0.1) is 0 Å². The Kier molecular flexibility index (Phi) is 15.4. The van der Waals surface area contributed by atoms with E-state index in [4.69, 9.17) is 21.9 Å². The molecule has 3 rings (SSSR count). The second-order valence-electron chi connectivity index (χ2n) is 9.63. The fourth-order valence-electron chi connectivity index (χ4n) is 3.63. The maximum Gasteiger partial charge on any atom is 0.330 e. The Morgan fingerprint density at radius 3 is 1.67 bits per heavy atom. The number of amides is 2. The van der Waals surface area contributed by atoms with E-state index < -0.39 is 21.7 Å². The van der Waals surface area contributed by atoms with Crippen molar-refractivity contribution >= 4 is 47.0 Å². The molecule has 13 heteroatoms. The molecule has 45 heavy (non-hydrogen) atoms. The van der Waals surface area contributed by atoms with Crippen molar-refractivity contribution in [2.45, 2.75) is 40.5 Å². The molecule has 0 aromatic heterocycles. The van der Waals surface area contributed by atoms with Crippen LogP contribution < -0.4 is 17.2 Å². The summed E-state index contributed by atoms with van der Waals surface area (Å²) < 4.78 is 4.69. The van der Waals surface area contributed by atoms with Crippen LogP contribution in [-0.2, 0) is 25.5 Å².